The van der Waals surface area contributed by atoms with Gasteiger partial charge in [0.05, 0.1) is 6.54 Å². The zero-order valence-electron chi connectivity index (χ0n) is 15.4. The molecule has 1 saturated heterocycles. The molecule has 0 aromatic heterocycles. The second-order valence-electron chi connectivity index (χ2n) is 6.80. The van der Waals surface area contributed by atoms with Gasteiger partial charge in [-0.05, 0) is 56.1 Å². The molecule has 0 atom stereocenters. The Morgan fingerprint density at radius 2 is 1.65 bits per heavy atom. The number of rotatable bonds is 5. The molecule has 0 saturated carbocycles. The fraction of sp³-hybridized carbons (Fsp3) is 0.381. The fourth-order valence-corrected chi connectivity index (χ4v) is 3.22. The number of benzene rings is 2. The molecule has 0 unspecified atom stereocenters. The number of nitrogens with zero attached hydrogens (tertiary/aromatic N) is 2. The number of hydrogen-bond acceptors (Lipinski definition) is 2. The van der Waals surface area contributed by atoms with Crippen LogP contribution in [0.4, 0.5) is 5.69 Å². The van der Waals surface area contributed by atoms with Gasteiger partial charge in [-0.1, -0.05) is 48.4 Å². The van der Waals surface area contributed by atoms with Gasteiger partial charge in [-0.25, -0.2) is 4.99 Å². The number of hydrogen-bond donors (Lipinski definition) is 2. The summed E-state index contributed by atoms with van der Waals surface area (Å²) in [5, 5.41) is 3.16. The van der Waals surface area contributed by atoms with Crippen LogP contribution < -0.4 is 11.1 Å². The lowest BCUT2D eigenvalue weighted by molar-refractivity contribution is 0.220. The average molecular weight is 464 g/mol. The van der Waals surface area contributed by atoms with Crippen LogP contribution in [0.5, 0.6) is 0 Å². The van der Waals surface area contributed by atoms with Gasteiger partial charge in [0.25, 0.3) is 0 Å². The minimum absolute atomic E-state index is 0. The van der Waals surface area contributed by atoms with Crippen molar-refractivity contribution in [3.63, 3.8) is 0 Å². The van der Waals surface area contributed by atoms with Crippen molar-refractivity contribution in [2.24, 2.45) is 10.7 Å². The van der Waals surface area contributed by atoms with E-state index in [9.17, 15) is 0 Å². The number of nitrogens with two attached hydrogens (primary N) is 1. The van der Waals surface area contributed by atoms with Crippen molar-refractivity contribution in [3.8, 4) is 0 Å². The van der Waals surface area contributed by atoms with Crippen molar-refractivity contribution in [1.82, 2.24) is 4.90 Å². The van der Waals surface area contributed by atoms with Gasteiger partial charge in [0.15, 0.2) is 5.96 Å². The summed E-state index contributed by atoms with van der Waals surface area (Å²) >= 11 is 0. The molecule has 3 rings (SSSR count). The molecule has 1 fully saturated rings. The molecule has 1 aliphatic heterocycles. The molecule has 26 heavy (non-hydrogen) atoms. The van der Waals surface area contributed by atoms with Crippen molar-refractivity contribution < 1.29 is 0 Å². The molecule has 1 aliphatic rings. The van der Waals surface area contributed by atoms with Crippen LogP contribution >= 0.6 is 24.0 Å². The lowest BCUT2D eigenvalue weighted by atomic mass is 10.1. The SMILES string of the molecule is Cc1ccc(NC(N)=NCc2ccccc2CN2CCCCC2)cc1.I. The van der Waals surface area contributed by atoms with Gasteiger partial charge in [0.2, 0.25) is 0 Å². The molecule has 3 N–H and O–H groups in total. The highest BCUT2D eigenvalue weighted by molar-refractivity contribution is 14.0. The highest BCUT2D eigenvalue weighted by atomic mass is 127. The predicted molar refractivity (Wildman–Crippen MR) is 121 cm³/mol. The number of piperidine rings is 1. The van der Waals surface area contributed by atoms with Crippen molar-refractivity contribution in [3.05, 3.63) is 65.2 Å². The van der Waals surface area contributed by atoms with Gasteiger partial charge in [0.1, 0.15) is 0 Å². The average Bonchev–Trinajstić information content (AvgIpc) is 2.64. The van der Waals surface area contributed by atoms with E-state index in [1.54, 1.807) is 0 Å². The van der Waals surface area contributed by atoms with Crippen LogP contribution in [0.2, 0.25) is 0 Å². The van der Waals surface area contributed by atoms with E-state index in [1.165, 1.54) is 49.0 Å². The Kier molecular flexibility index (Phi) is 8.38. The number of guanidine groups is 1. The Labute approximate surface area is 173 Å². The van der Waals surface area contributed by atoms with Crippen molar-refractivity contribution in [1.29, 1.82) is 0 Å². The van der Waals surface area contributed by atoms with Gasteiger partial charge in [-0.3, -0.25) is 4.90 Å². The molecule has 0 spiro atoms. The molecule has 4 nitrogen and oxygen atoms in total. The van der Waals surface area contributed by atoms with Crippen LogP contribution in [-0.4, -0.2) is 23.9 Å². The summed E-state index contributed by atoms with van der Waals surface area (Å²) in [5.74, 6) is 0.455. The zero-order chi connectivity index (χ0) is 17.5. The summed E-state index contributed by atoms with van der Waals surface area (Å²) < 4.78 is 0. The Morgan fingerprint density at radius 1 is 1.00 bits per heavy atom. The largest absolute Gasteiger partial charge is 0.370 e. The first-order valence-corrected chi connectivity index (χ1v) is 9.13. The topological polar surface area (TPSA) is 53.6 Å². The summed E-state index contributed by atoms with van der Waals surface area (Å²) in [7, 11) is 0. The summed E-state index contributed by atoms with van der Waals surface area (Å²) in [6.45, 7) is 6.09. The molecule has 2 aromatic carbocycles. The summed E-state index contributed by atoms with van der Waals surface area (Å²) in [4.78, 5) is 7.07. The van der Waals surface area contributed by atoms with E-state index in [2.05, 4.69) is 58.5 Å². The van der Waals surface area contributed by atoms with Crippen LogP contribution in [0, 0.1) is 6.92 Å². The molecule has 0 radical (unpaired) electrons. The van der Waals surface area contributed by atoms with E-state index in [-0.39, 0.29) is 24.0 Å². The van der Waals surface area contributed by atoms with Crippen molar-refractivity contribution >= 4 is 35.6 Å². The van der Waals surface area contributed by atoms with Crippen LogP contribution in [-0.2, 0) is 13.1 Å². The van der Waals surface area contributed by atoms with Gasteiger partial charge in [-0.2, -0.15) is 0 Å². The van der Waals surface area contributed by atoms with E-state index >= 15 is 0 Å². The van der Waals surface area contributed by atoms with Crippen molar-refractivity contribution in [2.45, 2.75) is 39.3 Å². The number of nitrogens with one attached hydrogen (secondary N) is 1. The van der Waals surface area contributed by atoms with E-state index in [0.29, 0.717) is 12.5 Å². The van der Waals surface area contributed by atoms with Gasteiger partial charge in [0, 0.05) is 12.2 Å². The minimum Gasteiger partial charge on any atom is -0.370 e. The number of aryl methyl sites for hydroxylation is 1. The first kappa shape index (κ1) is 20.7. The number of halogens is 1. The molecule has 0 aliphatic carbocycles. The highest BCUT2D eigenvalue weighted by Crippen LogP contribution is 2.17. The normalized spacial score (nSPS) is 15.3. The number of aliphatic imine (C=N–C) groups is 1. The second-order valence-corrected chi connectivity index (χ2v) is 6.80. The monoisotopic (exact) mass is 464 g/mol. The lowest BCUT2D eigenvalue weighted by Crippen LogP contribution is -2.29. The lowest BCUT2D eigenvalue weighted by Gasteiger charge is -2.27. The Hall–Kier alpha value is -1.60. The maximum Gasteiger partial charge on any atom is 0.193 e. The standard InChI is InChI=1S/C21H28N4.HI/c1-17-9-11-20(12-10-17)24-21(22)23-15-18-7-3-4-8-19(18)16-25-13-5-2-6-14-25;/h3-4,7-12H,2,5-6,13-16H2,1H3,(H3,22,23,24);1H. The molecule has 0 bridgehead atoms. The van der Waals surface area contributed by atoms with E-state index < -0.39 is 0 Å². The Morgan fingerprint density at radius 3 is 2.35 bits per heavy atom. The van der Waals surface area contributed by atoms with E-state index in [0.717, 1.165) is 12.2 Å². The molecule has 2 aromatic rings. The zero-order valence-corrected chi connectivity index (χ0v) is 17.8. The van der Waals surface area contributed by atoms with E-state index in [1.807, 2.05) is 12.1 Å². The quantitative estimate of drug-likeness (QED) is 0.389. The van der Waals surface area contributed by atoms with Crippen LogP contribution in [0.25, 0.3) is 0 Å². The molecule has 140 valence electrons. The first-order valence-electron chi connectivity index (χ1n) is 9.13. The summed E-state index contributed by atoms with van der Waals surface area (Å²) in [6, 6.07) is 16.7. The molecular formula is C21H29IN4. The molecule has 5 heteroatoms. The molecule has 0 amide bonds. The van der Waals surface area contributed by atoms with Gasteiger partial charge in [-0.15, -0.1) is 24.0 Å². The van der Waals surface area contributed by atoms with Crippen molar-refractivity contribution in [2.75, 3.05) is 18.4 Å². The summed E-state index contributed by atoms with van der Waals surface area (Å²) in [5.41, 5.74) is 10.9. The van der Waals surface area contributed by atoms with E-state index in [4.69, 9.17) is 5.73 Å². The highest BCUT2D eigenvalue weighted by Gasteiger charge is 2.12. The third-order valence-electron chi connectivity index (χ3n) is 4.70. The van der Waals surface area contributed by atoms with Crippen LogP contribution in [0.15, 0.2) is 53.5 Å². The predicted octanol–water partition coefficient (Wildman–Crippen LogP) is 4.53. The van der Waals surface area contributed by atoms with Gasteiger partial charge < -0.3 is 11.1 Å². The van der Waals surface area contributed by atoms with Crippen LogP contribution in [0.3, 0.4) is 0 Å². The Bertz CT molecular complexity index is 706. The molecular weight excluding hydrogens is 435 g/mol. The second kappa shape index (κ2) is 10.5. The fourth-order valence-electron chi connectivity index (χ4n) is 3.22. The van der Waals surface area contributed by atoms with Gasteiger partial charge >= 0.3 is 0 Å². The molecule has 1 heterocycles. The third-order valence-corrected chi connectivity index (χ3v) is 4.70. The first-order chi connectivity index (χ1) is 12.2. The minimum atomic E-state index is 0. The van der Waals surface area contributed by atoms with Crippen LogP contribution in [0.1, 0.15) is 36.0 Å². The number of likely N-dealkylation sites (tertiary alicyclic amines) is 1. The maximum absolute atomic E-state index is 6.05. The summed E-state index contributed by atoms with van der Waals surface area (Å²) in [6.07, 6.45) is 3.99. The Balaban J connectivity index is 0.00000243. The maximum atomic E-state index is 6.05. The smallest absolute Gasteiger partial charge is 0.193 e. The number of anilines is 1. The third kappa shape index (κ3) is 6.29.